The van der Waals surface area contributed by atoms with Crippen LogP contribution in [0.15, 0.2) is 12.3 Å². The van der Waals surface area contributed by atoms with E-state index in [1.165, 1.54) is 0 Å². The van der Waals surface area contributed by atoms with Crippen LogP contribution in [0.3, 0.4) is 0 Å². The minimum Gasteiger partial charge on any atom is -0.376 e. The Balaban J connectivity index is 1.94. The van der Waals surface area contributed by atoms with Gasteiger partial charge in [0, 0.05) is 19.9 Å². The maximum absolute atomic E-state index is 11.9. The fourth-order valence-corrected chi connectivity index (χ4v) is 1.97. The van der Waals surface area contributed by atoms with Crippen LogP contribution in [0.4, 0.5) is 0 Å². The zero-order valence-corrected chi connectivity index (χ0v) is 9.64. The van der Waals surface area contributed by atoms with E-state index >= 15 is 0 Å². The van der Waals surface area contributed by atoms with Crippen LogP contribution in [0.2, 0.25) is 0 Å². The van der Waals surface area contributed by atoms with Gasteiger partial charge in [0.05, 0.1) is 12.1 Å². The summed E-state index contributed by atoms with van der Waals surface area (Å²) in [7, 11) is 1.76. The highest BCUT2D eigenvalue weighted by Crippen LogP contribution is 2.15. The molecule has 1 aromatic heterocycles. The van der Waals surface area contributed by atoms with E-state index in [1.807, 2.05) is 6.92 Å². The lowest BCUT2D eigenvalue weighted by Gasteiger charge is -2.19. The van der Waals surface area contributed by atoms with Gasteiger partial charge in [-0.1, -0.05) is 0 Å². The van der Waals surface area contributed by atoms with E-state index in [4.69, 9.17) is 4.74 Å². The van der Waals surface area contributed by atoms with Crippen molar-refractivity contribution in [2.75, 3.05) is 6.61 Å². The van der Waals surface area contributed by atoms with Gasteiger partial charge in [-0.05, 0) is 25.8 Å². The molecule has 5 nitrogen and oxygen atoms in total. The SMILES string of the molecule is C[C@@H](NC(=O)c1ccnn1C)[C@@H]1CCCO1. The van der Waals surface area contributed by atoms with Crippen molar-refractivity contribution in [3.8, 4) is 0 Å². The lowest BCUT2D eigenvalue weighted by Crippen LogP contribution is -2.41. The maximum Gasteiger partial charge on any atom is 0.269 e. The Labute approximate surface area is 94.8 Å². The van der Waals surface area contributed by atoms with E-state index in [9.17, 15) is 4.79 Å². The molecular weight excluding hydrogens is 206 g/mol. The molecule has 0 aromatic carbocycles. The van der Waals surface area contributed by atoms with Gasteiger partial charge in [0.25, 0.3) is 5.91 Å². The average Bonchev–Trinajstić information content (AvgIpc) is 2.86. The smallest absolute Gasteiger partial charge is 0.269 e. The third kappa shape index (κ3) is 2.24. The van der Waals surface area contributed by atoms with Gasteiger partial charge in [-0.2, -0.15) is 5.10 Å². The number of hydrogen-bond acceptors (Lipinski definition) is 3. The van der Waals surface area contributed by atoms with Gasteiger partial charge in [-0.25, -0.2) is 0 Å². The summed E-state index contributed by atoms with van der Waals surface area (Å²) in [5, 5.41) is 6.91. The summed E-state index contributed by atoms with van der Waals surface area (Å²) in [6.45, 7) is 2.78. The van der Waals surface area contributed by atoms with Crippen molar-refractivity contribution in [1.29, 1.82) is 0 Å². The predicted molar refractivity (Wildman–Crippen MR) is 59.1 cm³/mol. The van der Waals surface area contributed by atoms with Gasteiger partial charge < -0.3 is 10.1 Å². The quantitative estimate of drug-likeness (QED) is 0.821. The molecule has 2 rings (SSSR count). The predicted octanol–water partition coefficient (Wildman–Crippen LogP) is 0.717. The third-order valence-electron chi connectivity index (χ3n) is 2.93. The first kappa shape index (κ1) is 11.1. The summed E-state index contributed by atoms with van der Waals surface area (Å²) in [6, 6.07) is 1.75. The van der Waals surface area contributed by atoms with Crippen LogP contribution in [0.5, 0.6) is 0 Å². The zero-order chi connectivity index (χ0) is 11.5. The molecule has 0 saturated carbocycles. The maximum atomic E-state index is 11.9. The summed E-state index contributed by atoms with van der Waals surface area (Å²) < 4.78 is 7.09. The second-order valence-corrected chi connectivity index (χ2v) is 4.15. The molecule has 1 fully saturated rings. The van der Waals surface area contributed by atoms with Gasteiger partial charge in [0.15, 0.2) is 0 Å². The molecule has 5 heteroatoms. The highest BCUT2D eigenvalue weighted by atomic mass is 16.5. The van der Waals surface area contributed by atoms with Crippen LogP contribution < -0.4 is 5.32 Å². The Morgan fingerprint density at radius 1 is 1.75 bits per heavy atom. The largest absolute Gasteiger partial charge is 0.376 e. The molecule has 0 spiro atoms. The van der Waals surface area contributed by atoms with Crippen LogP contribution in [0.1, 0.15) is 30.3 Å². The van der Waals surface area contributed by atoms with Crippen molar-refractivity contribution in [3.05, 3.63) is 18.0 Å². The summed E-state index contributed by atoms with van der Waals surface area (Å²) in [5.41, 5.74) is 0.574. The molecule has 1 amide bonds. The summed E-state index contributed by atoms with van der Waals surface area (Å²) >= 11 is 0. The number of rotatable bonds is 3. The van der Waals surface area contributed by atoms with Crippen molar-refractivity contribution in [1.82, 2.24) is 15.1 Å². The fraction of sp³-hybridized carbons (Fsp3) is 0.636. The molecular formula is C11H17N3O2. The van der Waals surface area contributed by atoms with Gasteiger partial charge >= 0.3 is 0 Å². The molecule has 0 unspecified atom stereocenters. The number of hydrogen-bond donors (Lipinski definition) is 1. The molecule has 1 aromatic rings. The normalized spacial score (nSPS) is 22.0. The highest BCUT2D eigenvalue weighted by molar-refractivity contribution is 5.92. The van der Waals surface area contributed by atoms with Gasteiger partial charge in [-0.3, -0.25) is 9.48 Å². The molecule has 1 saturated heterocycles. The van der Waals surface area contributed by atoms with Crippen LogP contribution in [-0.2, 0) is 11.8 Å². The Kier molecular flexibility index (Phi) is 3.24. The Bertz CT molecular complexity index is 369. The topological polar surface area (TPSA) is 56.2 Å². The molecule has 1 N–H and O–H groups in total. The average molecular weight is 223 g/mol. The monoisotopic (exact) mass is 223 g/mol. The van der Waals surface area contributed by atoms with Crippen molar-refractivity contribution >= 4 is 5.91 Å². The molecule has 0 radical (unpaired) electrons. The molecule has 1 aliphatic rings. The van der Waals surface area contributed by atoms with Gasteiger partial charge in [0.2, 0.25) is 0 Å². The lowest BCUT2D eigenvalue weighted by atomic mass is 10.1. The van der Waals surface area contributed by atoms with E-state index in [0.717, 1.165) is 19.4 Å². The number of nitrogens with one attached hydrogen (secondary N) is 1. The minimum absolute atomic E-state index is 0.0462. The Hall–Kier alpha value is -1.36. The highest BCUT2D eigenvalue weighted by Gasteiger charge is 2.24. The first-order valence-corrected chi connectivity index (χ1v) is 5.59. The summed E-state index contributed by atoms with van der Waals surface area (Å²) in [5.74, 6) is -0.0944. The van der Waals surface area contributed by atoms with Gasteiger partial charge in [0.1, 0.15) is 5.69 Å². The van der Waals surface area contributed by atoms with E-state index in [1.54, 1.807) is 24.0 Å². The van der Waals surface area contributed by atoms with Crippen LogP contribution >= 0.6 is 0 Å². The first-order chi connectivity index (χ1) is 7.68. The third-order valence-corrected chi connectivity index (χ3v) is 2.93. The first-order valence-electron chi connectivity index (χ1n) is 5.59. The molecule has 1 aliphatic heterocycles. The minimum atomic E-state index is -0.0944. The number of carbonyl (C=O) groups is 1. The number of carbonyl (C=O) groups excluding carboxylic acids is 1. The van der Waals surface area contributed by atoms with E-state index in [0.29, 0.717) is 5.69 Å². The summed E-state index contributed by atoms with van der Waals surface area (Å²) in [4.78, 5) is 11.9. The molecule has 16 heavy (non-hydrogen) atoms. The molecule has 88 valence electrons. The number of amides is 1. The van der Waals surface area contributed by atoms with E-state index in [-0.39, 0.29) is 18.1 Å². The Morgan fingerprint density at radius 3 is 3.12 bits per heavy atom. The lowest BCUT2D eigenvalue weighted by molar-refractivity contribution is 0.0707. The molecule has 0 bridgehead atoms. The molecule has 2 atom stereocenters. The van der Waals surface area contributed by atoms with Crippen molar-refractivity contribution in [3.63, 3.8) is 0 Å². The van der Waals surface area contributed by atoms with Crippen LogP contribution in [0.25, 0.3) is 0 Å². The van der Waals surface area contributed by atoms with E-state index in [2.05, 4.69) is 10.4 Å². The second-order valence-electron chi connectivity index (χ2n) is 4.15. The standard InChI is InChI=1S/C11H17N3O2/c1-8(10-4-3-7-16-10)13-11(15)9-5-6-12-14(9)2/h5-6,8,10H,3-4,7H2,1-2H3,(H,13,15)/t8-,10+/m1/s1. The molecule has 2 heterocycles. The number of ether oxygens (including phenoxy) is 1. The number of aryl methyl sites for hydroxylation is 1. The number of aromatic nitrogens is 2. The second kappa shape index (κ2) is 4.65. The van der Waals surface area contributed by atoms with Crippen LogP contribution in [-0.4, -0.2) is 34.4 Å². The van der Waals surface area contributed by atoms with E-state index < -0.39 is 0 Å². The molecule has 0 aliphatic carbocycles. The van der Waals surface area contributed by atoms with Gasteiger partial charge in [-0.15, -0.1) is 0 Å². The summed E-state index contributed by atoms with van der Waals surface area (Å²) in [6.07, 6.45) is 3.87. The fourth-order valence-electron chi connectivity index (χ4n) is 1.97. The number of nitrogens with zero attached hydrogens (tertiary/aromatic N) is 2. The van der Waals surface area contributed by atoms with Crippen molar-refractivity contribution < 1.29 is 9.53 Å². The zero-order valence-electron chi connectivity index (χ0n) is 9.64. The van der Waals surface area contributed by atoms with Crippen LogP contribution in [0, 0.1) is 0 Å². The Morgan fingerprint density at radius 2 is 2.56 bits per heavy atom. The van der Waals surface area contributed by atoms with Crippen molar-refractivity contribution in [2.24, 2.45) is 7.05 Å². The van der Waals surface area contributed by atoms with Crippen molar-refractivity contribution in [2.45, 2.75) is 31.9 Å².